The second-order valence-electron chi connectivity index (χ2n) is 8.26. The Morgan fingerprint density at radius 3 is 2.84 bits per heavy atom. The van der Waals surface area contributed by atoms with Crippen molar-refractivity contribution in [2.45, 2.75) is 44.7 Å². The Bertz CT molecular complexity index is 1220. The van der Waals surface area contributed by atoms with Gasteiger partial charge in [-0.2, -0.15) is 0 Å². The van der Waals surface area contributed by atoms with Crippen molar-refractivity contribution in [2.24, 2.45) is 0 Å². The summed E-state index contributed by atoms with van der Waals surface area (Å²) >= 11 is 0. The van der Waals surface area contributed by atoms with Crippen LogP contribution in [0.4, 0.5) is 4.39 Å². The van der Waals surface area contributed by atoms with Gasteiger partial charge in [0.2, 0.25) is 12.7 Å². The van der Waals surface area contributed by atoms with Gasteiger partial charge in [0.05, 0.1) is 0 Å². The average Bonchev–Trinajstić information content (AvgIpc) is 3.34. The molecule has 0 fully saturated rings. The molecule has 0 saturated heterocycles. The lowest BCUT2D eigenvalue weighted by Crippen LogP contribution is -2.39. The molecule has 1 aliphatic carbocycles. The van der Waals surface area contributed by atoms with E-state index in [0.29, 0.717) is 43.4 Å². The van der Waals surface area contributed by atoms with Crippen LogP contribution in [0.25, 0.3) is 10.9 Å². The normalized spacial score (nSPS) is 16.7. The number of amides is 1. The molecule has 0 unspecified atom stereocenters. The van der Waals surface area contributed by atoms with Crippen LogP contribution in [-0.4, -0.2) is 34.4 Å². The van der Waals surface area contributed by atoms with Crippen LogP contribution in [0.3, 0.4) is 0 Å². The molecule has 8 heteroatoms. The highest BCUT2D eigenvalue weighted by atomic mass is 19.1. The maximum atomic E-state index is 13.9. The van der Waals surface area contributed by atoms with Crippen molar-refractivity contribution in [3.8, 4) is 11.5 Å². The highest BCUT2D eigenvalue weighted by molar-refractivity contribution is 5.87. The Labute approximate surface area is 183 Å². The molecule has 1 amide bonds. The lowest BCUT2D eigenvalue weighted by atomic mass is 9.91. The number of aryl methyl sites for hydroxylation is 1. The van der Waals surface area contributed by atoms with Crippen molar-refractivity contribution >= 4 is 22.8 Å². The summed E-state index contributed by atoms with van der Waals surface area (Å²) in [5, 5.41) is 13.1. The zero-order chi connectivity index (χ0) is 22.2. The van der Waals surface area contributed by atoms with E-state index >= 15 is 0 Å². The SMILES string of the molecule is O=C(O)Cn1c2c(c3cc(F)ccc31)C[C@@H](NC(=O)CCc1ccc3c(c1)OCO3)CC2. The highest BCUT2D eigenvalue weighted by Crippen LogP contribution is 2.34. The van der Waals surface area contributed by atoms with Gasteiger partial charge in [-0.1, -0.05) is 6.07 Å². The van der Waals surface area contributed by atoms with E-state index in [9.17, 15) is 19.1 Å². The van der Waals surface area contributed by atoms with E-state index in [1.807, 2.05) is 18.2 Å². The molecule has 2 aromatic carbocycles. The maximum Gasteiger partial charge on any atom is 0.323 e. The molecule has 0 bridgehead atoms. The second-order valence-corrected chi connectivity index (χ2v) is 8.26. The van der Waals surface area contributed by atoms with Crippen molar-refractivity contribution in [3.63, 3.8) is 0 Å². The molecule has 2 N–H and O–H groups in total. The Morgan fingerprint density at radius 2 is 2.00 bits per heavy atom. The molecular weight excluding hydrogens is 415 g/mol. The summed E-state index contributed by atoms with van der Waals surface area (Å²) in [6.07, 6.45) is 2.83. The minimum Gasteiger partial charge on any atom is -0.480 e. The average molecular weight is 438 g/mol. The zero-order valence-electron chi connectivity index (χ0n) is 17.4. The number of carboxylic acid groups (broad SMARTS) is 1. The number of fused-ring (bicyclic) bond motifs is 4. The molecule has 0 saturated carbocycles. The van der Waals surface area contributed by atoms with Crippen molar-refractivity contribution in [1.29, 1.82) is 0 Å². The van der Waals surface area contributed by atoms with E-state index in [-0.39, 0.29) is 31.1 Å². The predicted octanol–water partition coefficient (Wildman–Crippen LogP) is 3.20. The summed E-state index contributed by atoms with van der Waals surface area (Å²) in [7, 11) is 0. The molecule has 2 aliphatic rings. The first kappa shape index (κ1) is 20.4. The summed E-state index contributed by atoms with van der Waals surface area (Å²) < 4.78 is 26.4. The molecule has 7 nitrogen and oxygen atoms in total. The minimum absolute atomic E-state index is 0.0448. The number of benzene rings is 2. The number of carboxylic acids is 1. The van der Waals surface area contributed by atoms with Crippen LogP contribution in [-0.2, 0) is 35.4 Å². The summed E-state index contributed by atoms with van der Waals surface area (Å²) in [5.74, 6) is 0.0783. The number of nitrogens with one attached hydrogen (secondary N) is 1. The van der Waals surface area contributed by atoms with E-state index in [0.717, 1.165) is 28.0 Å². The van der Waals surface area contributed by atoms with E-state index < -0.39 is 5.97 Å². The van der Waals surface area contributed by atoms with Crippen LogP contribution in [0.5, 0.6) is 11.5 Å². The van der Waals surface area contributed by atoms with Gasteiger partial charge in [0.15, 0.2) is 11.5 Å². The highest BCUT2D eigenvalue weighted by Gasteiger charge is 2.27. The third-order valence-corrected chi connectivity index (χ3v) is 6.17. The van der Waals surface area contributed by atoms with Gasteiger partial charge in [-0.05, 0) is 67.1 Å². The number of ether oxygens (including phenoxy) is 2. The first-order chi connectivity index (χ1) is 15.5. The standard InChI is InChI=1S/C24H23FN2O5/c25-15-3-5-19-17(10-15)18-11-16(4-6-20(18)27(19)12-24(29)30)26-23(28)8-2-14-1-7-21-22(9-14)32-13-31-21/h1,3,5,7,9-10,16H,2,4,6,8,11-13H2,(H,26,28)(H,29,30)/t16-/m0/s1. The quantitative estimate of drug-likeness (QED) is 0.617. The molecule has 3 aromatic rings. The fraction of sp³-hybridized carbons (Fsp3) is 0.333. The fourth-order valence-corrected chi connectivity index (χ4v) is 4.72. The lowest BCUT2D eigenvalue weighted by molar-refractivity contribution is -0.137. The molecule has 5 rings (SSSR count). The molecule has 32 heavy (non-hydrogen) atoms. The summed E-state index contributed by atoms with van der Waals surface area (Å²) in [6, 6.07) is 10.0. The first-order valence-electron chi connectivity index (χ1n) is 10.7. The Hall–Kier alpha value is -3.55. The number of halogens is 1. The largest absolute Gasteiger partial charge is 0.480 e. The number of hydrogen-bond donors (Lipinski definition) is 2. The number of carbonyl (C=O) groups excluding carboxylic acids is 1. The molecule has 1 atom stereocenters. The number of hydrogen-bond acceptors (Lipinski definition) is 4. The van der Waals surface area contributed by atoms with Crippen LogP contribution in [0, 0.1) is 5.82 Å². The topological polar surface area (TPSA) is 89.8 Å². The van der Waals surface area contributed by atoms with E-state index in [1.165, 1.54) is 12.1 Å². The summed E-state index contributed by atoms with van der Waals surface area (Å²) in [6.45, 7) is 0.0553. The van der Waals surface area contributed by atoms with Crippen molar-refractivity contribution in [2.75, 3.05) is 6.79 Å². The Kier molecular flexibility index (Phi) is 5.20. The van der Waals surface area contributed by atoms with Gasteiger partial charge in [-0.3, -0.25) is 9.59 Å². The van der Waals surface area contributed by atoms with Gasteiger partial charge in [-0.25, -0.2) is 4.39 Å². The molecule has 2 heterocycles. The number of aliphatic carboxylic acids is 1. The molecular formula is C24H23FN2O5. The van der Waals surface area contributed by atoms with E-state index in [2.05, 4.69) is 5.32 Å². The Morgan fingerprint density at radius 1 is 1.16 bits per heavy atom. The van der Waals surface area contributed by atoms with Gasteiger partial charge in [-0.15, -0.1) is 0 Å². The molecule has 1 aliphatic heterocycles. The predicted molar refractivity (Wildman–Crippen MR) is 114 cm³/mol. The molecule has 1 aromatic heterocycles. The van der Waals surface area contributed by atoms with E-state index in [1.54, 1.807) is 10.6 Å². The van der Waals surface area contributed by atoms with Gasteiger partial charge in [0.1, 0.15) is 12.4 Å². The first-order valence-corrected chi connectivity index (χ1v) is 10.7. The smallest absolute Gasteiger partial charge is 0.323 e. The molecule has 0 spiro atoms. The third-order valence-electron chi connectivity index (χ3n) is 6.17. The maximum absolute atomic E-state index is 13.9. The fourth-order valence-electron chi connectivity index (χ4n) is 4.72. The lowest BCUT2D eigenvalue weighted by Gasteiger charge is -2.25. The van der Waals surface area contributed by atoms with Crippen LogP contribution in [0.1, 0.15) is 29.7 Å². The number of rotatable bonds is 6. The zero-order valence-corrected chi connectivity index (χ0v) is 17.4. The number of nitrogens with zero attached hydrogens (tertiary/aromatic N) is 1. The van der Waals surface area contributed by atoms with Crippen LogP contribution >= 0.6 is 0 Å². The van der Waals surface area contributed by atoms with Crippen LogP contribution in [0.2, 0.25) is 0 Å². The van der Waals surface area contributed by atoms with E-state index in [4.69, 9.17) is 9.47 Å². The Balaban J connectivity index is 1.28. The molecule has 166 valence electrons. The minimum atomic E-state index is -0.937. The molecule has 0 radical (unpaired) electrons. The van der Waals surface area contributed by atoms with Crippen molar-refractivity contribution in [3.05, 3.63) is 59.0 Å². The van der Waals surface area contributed by atoms with Crippen molar-refractivity contribution < 1.29 is 28.6 Å². The van der Waals surface area contributed by atoms with Gasteiger partial charge in [0.25, 0.3) is 0 Å². The number of carbonyl (C=O) groups is 2. The van der Waals surface area contributed by atoms with Gasteiger partial charge < -0.3 is 24.5 Å². The van der Waals surface area contributed by atoms with Crippen LogP contribution < -0.4 is 14.8 Å². The monoisotopic (exact) mass is 438 g/mol. The summed E-state index contributed by atoms with van der Waals surface area (Å²) in [5.41, 5.74) is 3.56. The third kappa shape index (κ3) is 3.88. The van der Waals surface area contributed by atoms with Gasteiger partial charge in [0, 0.05) is 29.1 Å². The van der Waals surface area contributed by atoms with Crippen molar-refractivity contribution in [1.82, 2.24) is 9.88 Å². The van der Waals surface area contributed by atoms with Gasteiger partial charge >= 0.3 is 5.97 Å². The second kappa shape index (κ2) is 8.18. The summed E-state index contributed by atoms with van der Waals surface area (Å²) in [4.78, 5) is 23.9. The van der Waals surface area contributed by atoms with Crippen LogP contribution in [0.15, 0.2) is 36.4 Å². The number of aromatic nitrogens is 1.